The second kappa shape index (κ2) is 8.24. The van der Waals surface area contributed by atoms with Gasteiger partial charge in [-0.25, -0.2) is 16.8 Å². The van der Waals surface area contributed by atoms with Gasteiger partial charge in [-0.2, -0.15) is 4.31 Å². The van der Waals surface area contributed by atoms with Crippen LogP contribution in [0.15, 0.2) is 23.1 Å². The van der Waals surface area contributed by atoms with E-state index in [4.69, 9.17) is 0 Å². The maximum absolute atomic E-state index is 12.9. The fraction of sp³-hybridized carbons (Fsp3) is 0.562. The highest BCUT2D eigenvalue weighted by Gasteiger charge is 2.32. The van der Waals surface area contributed by atoms with Crippen LogP contribution in [0.1, 0.15) is 19.3 Å². The highest BCUT2D eigenvalue weighted by atomic mass is 32.2. The Kier molecular flexibility index (Phi) is 6.10. The molecule has 2 heterocycles. The summed E-state index contributed by atoms with van der Waals surface area (Å²) in [5, 5.41) is 16.4. The van der Waals surface area contributed by atoms with E-state index in [1.54, 1.807) is 0 Å². The van der Waals surface area contributed by atoms with Crippen molar-refractivity contribution >= 4 is 37.1 Å². The van der Waals surface area contributed by atoms with E-state index in [9.17, 15) is 31.7 Å². The molecule has 1 aromatic rings. The van der Waals surface area contributed by atoms with E-state index in [1.807, 2.05) is 0 Å². The summed E-state index contributed by atoms with van der Waals surface area (Å²) in [5.74, 6) is -0.591. The third-order valence-electron chi connectivity index (χ3n) is 4.90. The van der Waals surface area contributed by atoms with E-state index in [0.717, 1.165) is 12.1 Å². The van der Waals surface area contributed by atoms with Crippen molar-refractivity contribution in [2.24, 2.45) is 0 Å². The average molecular weight is 447 g/mol. The highest BCUT2D eigenvalue weighted by Crippen LogP contribution is 2.30. The summed E-state index contributed by atoms with van der Waals surface area (Å²) in [6.45, 7) is 0.374. The molecule has 0 aromatic heterocycles. The van der Waals surface area contributed by atoms with E-state index in [2.05, 4.69) is 10.6 Å². The predicted octanol–water partition coefficient (Wildman–Crippen LogP) is 0.0945. The number of carbonyl (C=O) groups is 1. The van der Waals surface area contributed by atoms with E-state index < -0.39 is 36.7 Å². The van der Waals surface area contributed by atoms with Crippen molar-refractivity contribution in [2.45, 2.75) is 30.2 Å². The summed E-state index contributed by atoms with van der Waals surface area (Å²) in [5.41, 5.74) is -0.286. The lowest BCUT2D eigenvalue weighted by atomic mass is 10.2. The number of nitro groups is 1. The zero-order valence-corrected chi connectivity index (χ0v) is 17.2. The van der Waals surface area contributed by atoms with Gasteiger partial charge in [0.05, 0.1) is 28.7 Å². The maximum atomic E-state index is 12.9. The van der Waals surface area contributed by atoms with Crippen molar-refractivity contribution in [1.29, 1.82) is 0 Å². The standard InChI is InChI=1S/C16H22N4O7S2/c21-16(18-12-5-8-28(24,25)11-12)10-17-14-4-3-13(20(22)23)9-15(14)29(26,27)19-6-1-2-7-19/h3-4,9,12,17H,1-2,5-8,10-11H2,(H,18,21)/t12-/m1/s1. The minimum absolute atomic E-state index is 0.0198. The van der Waals surface area contributed by atoms with Crippen molar-refractivity contribution in [1.82, 2.24) is 9.62 Å². The van der Waals surface area contributed by atoms with E-state index in [-0.39, 0.29) is 34.3 Å². The molecule has 1 amide bonds. The number of nitro benzene ring substituents is 1. The van der Waals surface area contributed by atoms with Crippen molar-refractivity contribution in [3.8, 4) is 0 Å². The maximum Gasteiger partial charge on any atom is 0.270 e. The van der Waals surface area contributed by atoms with Crippen molar-refractivity contribution in [3.63, 3.8) is 0 Å². The predicted molar refractivity (Wildman–Crippen MR) is 105 cm³/mol. The first kappa shape index (κ1) is 21.5. The molecule has 1 atom stereocenters. The van der Waals surface area contributed by atoms with Crippen LogP contribution < -0.4 is 10.6 Å². The van der Waals surface area contributed by atoms with Gasteiger partial charge in [0.15, 0.2) is 9.84 Å². The molecule has 0 radical (unpaired) electrons. The SMILES string of the molecule is O=C(CNc1ccc([N+](=O)[O-])cc1S(=O)(=O)N1CCCC1)N[C@@H]1CCS(=O)(=O)C1. The summed E-state index contributed by atoms with van der Waals surface area (Å²) in [7, 11) is -7.10. The van der Waals surface area contributed by atoms with Gasteiger partial charge in [0.1, 0.15) is 4.90 Å². The fourth-order valence-electron chi connectivity index (χ4n) is 3.41. The number of sulfone groups is 1. The molecule has 29 heavy (non-hydrogen) atoms. The van der Waals surface area contributed by atoms with Gasteiger partial charge in [-0.05, 0) is 25.3 Å². The topological polar surface area (TPSA) is 156 Å². The number of nitrogens with zero attached hydrogens (tertiary/aromatic N) is 2. The van der Waals surface area contributed by atoms with Gasteiger partial charge in [0, 0.05) is 31.3 Å². The molecule has 0 aliphatic carbocycles. The lowest BCUT2D eigenvalue weighted by Gasteiger charge is -2.19. The summed E-state index contributed by atoms with van der Waals surface area (Å²) in [6.07, 6.45) is 1.76. The van der Waals surface area contributed by atoms with Crippen molar-refractivity contribution in [2.75, 3.05) is 36.5 Å². The molecule has 11 nitrogen and oxygen atoms in total. The van der Waals surface area contributed by atoms with Crippen molar-refractivity contribution in [3.05, 3.63) is 28.3 Å². The molecule has 2 saturated heterocycles. The van der Waals surface area contributed by atoms with Gasteiger partial charge in [-0.3, -0.25) is 14.9 Å². The lowest BCUT2D eigenvalue weighted by Crippen LogP contribution is -2.39. The third kappa shape index (κ3) is 5.03. The summed E-state index contributed by atoms with van der Waals surface area (Å²) in [4.78, 5) is 22.3. The molecule has 0 saturated carbocycles. The van der Waals surface area contributed by atoms with Crippen molar-refractivity contribution < 1.29 is 26.6 Å². The minimum atomic E-state index is -3.96. The van der Waals surface area contributed by atoms with Gasteiger partial charge in [-0.15, -0.1) is 0 Å². The Hall–Kier alpha value is -2.25. The highest BCUT2D eigenvalue weighted by molar-refractivity contribution is 7.91. The fourth-order valence-corrected chi connectivity index (χ4v) is 6.79. The lowest BCUT2D eigenvalue weighted by molar-refractivity contribution is -0.385. The van der Waals surface area contributed by atoms with Gasteiger partial charge in [0.25, 0.3) is 5.69 Å². The second-order valence-electron chi connectivity index (χ2n) is 7.07. The number of nitrogens with one attached hydrogen (secondary N) is 2. The van der Waals surface area contributed by atoms with Gasteiger partial charge in [-0.1, -0.05) is 0 Å². The molecular weight excluding hydrogens is 424 g/mol. The Bertz CT molecular complexity index is 1020. The largest absolute Gasteiger partial charge is 0.375 e. The van der Waals surface area contributed by atoms with Crippen LogP contribution >= 0.6 is 0 Å². The van der Waals surface area contributed by atoms with Crippen LogP contribution in [0.4, 0.5) is 11.4 Å². The number of anilines is 1. The number of hydrogen-bond acceptors (Lipinski definition) is 8. The summed E-state index contributed by atoms with van der Waals surface area (Å²) >= 11 is 0. The number of rotatable bonds is 7. The molecule has 3 rings (SSSR count). The number of benzene rings is 1. The molecular formula is C16H22N4O7S2. The van der Waals surface area contributed by atoms with Crippen LogP contribution in [-0.2, 0) is 24.7 Å². The Balaban J connectivity index is 1.76. The number of non-ortho nitro benzene ring substituents is 1. The number of amides is 1. The first-order valence-electron chi connectivity index (χ1n) is 9.11. The van der Waals surface area contributed by atoms with Gasteiger partial charge >= 0.3 is 0 Å². The number of sulfonamides is 1. The Morgan fingerprint density at radius 2 is 1.97 bits per heavy atom. The van der Waals surface area contributed by atoms with E-state index >= 15 is 0 Å². The van der Waals surface area contributed by atoms with Crippen LogP contribution in [-0.4, -0.2) is 69.2 Å². The van der Waals surface area contributed by atoms with Gasteiger partial charge < -0.3 is 10.6 Å². The third-order valence-corrected chi connectivity index (χ3v) is 8.60. The second-order valence-corrected chi connectivity index (χ2v) is 11.2. The van der Waals surface area contributed by atoms with E-state index in [0.29, 0.717) is 32.4 Å². The molecule has 0 bridgehead atoms. The number of hydrogen-bond donors (Lipinski definition) is 2. The molecule has 1 aromatic carbocycles. The Morgan fingerprint density at radius 3 is 2.55 bits per heavy atom. The van der Waals surface area contributed by atoms with Crippen LogP contribution in [0.5, 0.6) is 0 Å². The minimum Gasteiger partial charge on any atom is -0.375 e. The van der Waals surface area contributed by atoms with Crippen LogP contribution in [0.3, 0.4) is 0 Å². The molecule has 0 unspecified atom stereocenters. The quantitative estimate of drug-likeness (QED) is 0.441. The average Bonchev–Trinajstić information content (AvgIpc) is 3.30. The Morgan fingerprint density at radius 1 is 1.28 bits per heavy atom. The summed E-state index contributed by atoms with van der Waals surface area (Å²) in [6, 6.07) is 2.93. The Labute approximate surface area is 168 Å². The van der Waals surface area contributed by atoms with Crippen LogP contribution in [0, 0.1) is 10.1 Å². The zero-order valence-electron chi connectivity index (χ0n) is 15.5. The molecule has 13 heteroatoms. The molecule has 2 aliphatic heterocycles. The molecule has 2 aliphatic rings. The first-order valence-corrected chi connectivity index (χ1v) is 12.4. The van der Waals surface area contributed by atoms with Crippen LogP contribution in [0.2, 0.25) is 0 Å². The molecule has 0 spiro atoms. The zero-order chi connectivity index (χ0) is 21.2. The number of carbonyl (C=O) groups excluding carboxylic acids is 1. The molecule has 2 fully saturated rings. The van der Waals surface area contributed by atoms with E-state index in [1.165, 1.54) is 10.4 Å². The molecule has 160 valence electrons. The first-order chi connectivity index (χ1) is 13.6. The van der Waals surface area contributed by atoms with Gasteiger partial charge in [0.2, 0.25) is 15.9 Å². The van der Waals surface area contributed by atoms with Crippen LogP contribution in [0.25, 0.3) is 0 Å². The monoisotopic (exact) mass is 446 g/mol. The molecule has 2 N–H and O–H groups in total. The summed E-state index contributed by atoms with van der Waals surface area (Å²) < 4.78 is 50.1. The smallest absolute Gasteiger partial charge is 0.270 e. The normalized spacial score (nSPS) is 21.7.